The summed E-state index contributed by atoms with van der Waals surface area (Å²) in [5.74, 6) is 0.660. The average Bonchev–Trinajstić information content (AvgIpc) is 3.33. The summed E-state index contributed by atoms with van der Waals surface area (Å²) in [7, 11) is 0. The number of aromatic nitrogens is 2. The fourth-order valence-corrected chi connectivity index (χ4v) is 20.8. The summed E-state index contributed by atoms with van der Waals surface area (Å²) in [6.45, 7) is 9.71. The molecule has 0 bridgehead atoms. The Morgan fingerprint density at radius 1 is 1.09 bits per heavy atom. The molecule has 0 amide bonds. The molecular formula is C25H39N3O4Sn. The number of benzene rings is 1. The van der Waals surface area contributed by atoms with Crippen LogP contribution in [0.4, 0.5) is 5.82 Å². The van der Waals surface area contributed by atoms with Crippen molar-refractivity contribution in [3.8, 4) is 11.8 Å². The zero-order valence-electron chi connectivity index (χ0n) is 20.6. The fraction of sp³-hybridized carbons (Fsp3) is 0.640. The molecule has 1 aromatic heterocycles. The molecule has 0 saturated carbocycles. The van der Waals surface area contributed by atoms with E-state index in [0.29, 0.717) is 13.2 Å². The molecule has 1 aliphatic rings. The summed E-state index contributed by atoms with van der Waals surface area (Å²) in [5.41, 5.74) is -0.595. The van der Waals surface area contributed by atoms with Gasteiger partial charge in [0.05, 0.1) is 0 Å². The van der Waals surface area contributed by atoms with Crippen LogP contribution in [0.2, 0.25) is 13.3 Å². The van der Waals surface area contributed by atoms with Crippen LogP contribution < -0.4 is 13.1 Å². The number of unbranched alkanes of at least 4 members (excludes halogenated alkanes) is 3. The maximum absolute atomic E-state index is 10.9. The molecule has 0 spiro atoms. The Kier molecular flexibility index (Phi) is 9.07. The third kappa shape index (κ3) is 6.43. The van der Waals surface area contributed by atoms with Gasteiger partial charge in [-0.25, -0.2) is 0 Å². The van der Waals surface area contributed by atoms with Gasteiger partial charge in [0.2, 0.25) is 0 Å². The van der Waals surface area contributed by atoms with Crippen molar-refractivity contribution >= 4 is 27.8 Å². The summed E-state index contributed by atoms with van der Waals surface area (Å²) in [6.07, 6.45) is 9.30. The quantitative estimate of drug-likeness (QED) is 0.158. The van der Waals surface area contributed by atoms with E-state index in [1.807, 2.05) is 6.92 Å². The number of fused-ring (bicyclic) bond motifs is 1. The zero-order chi connectivity index (χ0) is 23.9. The molecule has 2 aromatic rings. The van der Waals surface area contributed by atoms with Crippen molar-refractivity contribution in [1.29, 1.82) is 0 Å². The fourth-order valence-electron chi connectivity index (χ4n) is 4.85. The van der Waals surface area contributed by atoms with E-state index in [1.165, 1.54) is 58.0 Å². The number of imidazole rings is 1. The summed E-state index contributed by atoms with van der Waals surface area (Å²) in [6, 6.07) is 9.24. The van der Waals surface area contributed by atoms with Gasteiger partial charge < -0.3 is 10.1 Å². The second-order valence-corrected chi connectivity index (χ2v) is 23.0. The van der Waals surface area contributed by atoms with Crippen LogP contribution in [0.3, 0.4) is 0 Å². The van der Waals surface area contributed by atoms with Gasteiger partial charge in [-0.2, -0.15) is 0 Å². The molecule has 182 valence electrons. The monoisotopic (exact) mass is 565 g/mol. The minimum atomic E-state index is -2.42. The molecule has 1 aromatic carbocycles. The molecule has 3 rings (SSSR count). The van der Waals surface area contributed by atoms with Crippen LogP contribution in [0.15, 0.2) is 30.5 Å². The van der Waals surface area contributed by atoms with Crippen LogP contribution in [-0.4, -0.2) is 45.1 Å². The molecule has 0 saturated heterocycles. The van der Waals surface area contributed by atoms with Crippen LogP contribution in [0.25, 0.3) is 0 Å². The Morgan fingerprint density at radius 2 is 1.67 bits per heavy atom. The van der Waals surface area contributed by atoms with Crippen LogP contribution >= 0.6 is 0 Å². The number of hydrogen-bond donors (Lipinski definition) is 0. The van der Waals surface area contributed by atoms with Crippen molar-refractivity contribution in [3.05, 3.63) is 40.6 Å². The Balaban J connectivity index is 1.67. The van der Waals surface area contributed by atoms with E-state index < -0.39 is 28.9 Å². The molecule has 8 heteroatoms. The SMILES string of the molecule is CCC[CH2][Sn]([CH2]CCC)([CH2]CCC)[c]1ccc(OC[C@@]2(C)Cn3cc([N+](=O)[O-])nc3O2)cc1. The van der Waals surface area contributed by atoms with Crippen molar-refractivity contribution in [1.82, 2.24) is 9.55 Å². The van der Waals surface area contributed by atoms with E-state index in [1.54, 1.807) is 8.15 Å². The number of hydrogen-bond acceptors (Lipinski definition) is 5. The Labute approximate surface area is 201 Å². The van der Waals surface area contributed by atoms with E-state index in [2.05, 4.69) is 50.0 Å². The van der Waals surface area contributed by atoms with E-state index in [4.69, 9.17) is 9.47 Å². The predicted molar refractivity (Wildman–Crippen MR) is 134 cm³/mol. The Hall–Kier alpha value is -1.77. The first-order valence-electron chi connectivity index (χ1n) is 12.5. The Morgan fingerprint density at radius 3 is 2.15 bits per heavy atom. The van der Waals surface area contributed by atoms with Gasteiger partial charge >= 0.3 is 192 Å². The second kappa shape index (κ2) is 11.6. The Bertz CT molecular complexity index is 868. The predicted octanol–water partition coefficient (Wildman–Crippen LogP) is 6.08. The van der Waals surface area contributed by atoms with Crippen LogP contribution in [0.5, 0.6) is 11.8 Å². The van der Waals surface area contributed by atoms with E-state index in [0.717, 1.165) is 5.75 Å². The summed E-state index contributed by atoms with van der Waals surface area (Å²) < 4.78 is 19.7. The minimum absolute atomic E-state index is 0.187. The zero-order valence-corrected chi connectivity index (χ0v) is 23.5. The van der Waals surface area contributed by atoms with E-state index in [9.17, 15) is 10.1 Å². The van der Waals surface area contributed by atoms with E-state index >= 15 is 0 Å². The summed E-state index contributed by atoms with van der Waals surface area (Å²) in [5, 5.41) is 10.9. The molecule has 2 heterocycles. The van der Waals surface area contributed by atoms with E-state index in [-0.39, 0.29) is 11.8 Å². The molecule has 0 unspecified atom stereocenters. The van der Waals surface area contributed by atoms with Gasteiger partial charge in [0.15, 0.2) is 0 Å². The van der Waals surface area contributed by atoms with Gasteiger partial charge in [-0.1, -0.05) is 0 Å². The van der Waals surface area contributed by atoms with Gasteiger partial charge in [0, 0.05) is 0 Å². The first-order valence-corrected chi connectivity index (χ1v) is 20.0. The van der Waals surface area contributed by atoms with Gasteiger partial charge in [-0.15, -0.1) is 0 Å². The number of rotatable bonds is 14. The third-order valence-corrected chi connectivity index (χ3v) is 22.5. The molecule has 1 atom stereocenters. The number of ether oxygens (including phenoxy) is 2. The van der Waals surface area contributed by atoms with Crippen LogP contribution in [0, 0.1) is 10.1 Å². The van der Waals surface area contributed by atoms with Gasteiger partial charge in [0.1, 0.15) is 0 Å². The van der Waals surface area contributed by atoms with Gasteiger partial charge in [-0.05, 0) is 0 Å². The molecule has 0 fully saturated rings. The molecule has 7 nitrogen and oxygen atoms in total. The molecule has 1 aliphatic heterocycles. The topological polar surface area (TPSA) is 79.4 Å². The normalized spacial score (nSPS) is 17.6. The summed E-state index contributed by atoms with van der Waals surface area (Å²) in [4.78, 5) is 14.3. The number of nitrogens with zero attached hydrogens (tertiary/aromatic N) is 3. The molecule has 33 heavy (non-hydrogen) atoms. The molecule has 0 aliphatic carbocycles. The van der Waals surface area contributed by atoms with Crippen molar-refractivity contribution in [2.75, 3.05) is 6.61 Å². The summed E-state index contributed by atoms with van der Waals surface area (Å²) >= 11 is -2.42. The van der Waals surface area contributed by atoms with Crippen LogP contribution in [-0.2, 0) is 6.54 Å². The third-order valence-electron chi connectivity index (χ3n) is 6.79. The molecule has 0 radical (unpaired) electrons. The molecule has 0 N–H and O–H groups in total. The molecular weight excluding hydrogens is 525 g/mol. The average molecular weight is 564 g/mol. The number of nitro groups is 1. The first kappa shape index (κ1) is 25.8. The van der Waals surface area contributed by atoms with Crippen molar-refractivity contribution in [3.63, 3.8) is 0 Å². The first-order chi connectivity index (χ1) is 15.8. The standard InChI is InChI=1S/C13H12N3O4.3C4H9.Sn/c1-13(9-19-10-5-3-2-4-6-10)8-15-7-11(16(17)18)14-12(15)20-13;3*1-3-4-2;/h3-7H,8-9H2,1H3;3*1,3-4H2,2H3;/t13-;;;;/m1..../s1. The van der Waals surface area contributed by atoms with Crippen molar-refractivity contribution < 1.29 is 14.4 Å². The van der Waals surface area contributed by atoms with Crippen molar-refractivity contribution in [2.45, 2.75) is 91.7 Å². The van der Waals surface area contributed by atoms with Crippen LogP contribution in [0.1, 0.15) is 66.2 Å². The maximum atomic E-state index is 10.9. The second-order valence-electron chi connectivity index (χ2n) is 9.72. The van der Waals surface area contributed by atoms with Gasteiger partial charge in [0.25, 0.3) is 0 Å². The van der Waals surface area contributed by atoms with Gasteiger partial charge in [-0.3, -0.25) is 0 Å². The van der Waals surface area contributed by atoms with Crippen molar-refractivity contribution in [2.24, 2.45) is 0 Å².